The zero-order chi connectivity index (χ0) is 14.0. The molecule has 3 N–H and O–H groups in total. The molecular weight excluding hydrogens is 275 g/mol. The molecule has 0 unspecified atom stereocenters. The van der Waals surface area contributed by atoms with Gasteiger partial charge in [-0.2, -0.15) is 0 Å². The van der Waals surface area contributed by atoms with Crippen LogP contribution < -0.4 is 11.1 Å². The molecule has 7 heteroatoms. The molecule has 2 rings (SSSR count). The zero-order valence-corrected chi connectivity index (χ0v) is 10.3. The molecule has 0 aliphatic rings. The highest BCUT2D eigenvalue weighted by Gasteiger charge is 2.10. The van der Waals surface area contributed by atoms with E-state index < -0.39 is 17.5 Å². The Balaban J connectivity index is 2.31. The van der Waals surface area contributed by atoms with Crippen LogP contribution in [-0.4, -0.2) is 9.97 Å². The highest BCUT2D eigenvalue weighted by molar-refractivity contribution is 7.80. The highest BCUT2D eigenvalue weighted by atomic mass is 32.1. The third-order valence-corrected chi connectivity index (χ3v) is 2.49. The number of anilines is 2. The van der Waals surface area contributed by atoms with Gasteiger partial charge in [0.2, 0.25) is 0 Å². The summed E-state index contributed by atoms with van der Waals surface area (Å²) in [6.07, 6.45) is 1.44. The van der Waals surface area contributed by atoms with Crippen LogP contribution in [0.5, 0.6) is 0 Å². The Bertz CT molecular complexity index is 623. The Kier molecular flexibility index (Phi) is 3.66. The van der Waals surface area contributed by atoms with Crippen LogP contribution in [0.25, 0.3) is 0 Å². The summed E-state index contributed by atoms with van der Waals surface area (Å²) in [5, 5.41) is 2.71. The van der Waals surface area contributed by atoms with E-state index in [0.717, 1.165) is 12.1 Å². The molecule has 2 aromatic rings. The number of pyridine rings is 1. The summed E-state index contributed by atoms with van der Waals surface area (Å²) < 4.78 is 38.9. The number of benzene rings is 1. The van der Waals surface area contributed by atoms with Crippen LogP contribution in [0, 0.1) is 17.5 Å². The molecule has 0 atom stereocenters. The summed E-state index contributed by atoms with van der Waals surface area (Å²) in [6, 6.07) is 4.76. The molecule has 1 heterocycles. The van der Waals surface area contributed by atoms with E-state index in [2.05, 4.69) is 10.3 Å². The topological polar surface area (TPSA) is 50.9 Å². The summed E-state index contributed by atoms with van der Waals surface area (Å²) >= 11 is 4.76. The molecule has 0 fully saturated rings. The van der Waals surface area contributed by atoms with Gasteiger partial charge in [-0.15, -0.1) is 0 Å². The van der Waals surface area contributed by atoms with Crippen LogP contribution in [0.2, 0.25) is 0 Å². The SMILES string of the molecule is NC(=S)c1cc(Nc2cc(F)c(F)c(F)c2)ccn1. The number of nitrogens with two attached hydrogens (primary N) is 1. The molecule has 98 valence electrons. The molecule has 0 saturated heterocycles. The number of aromatic nitrogens is 1. The average Bonchev–Trinajstić information content (AvgIpc) is 2.36. The van der Waals surface area contributed by atoms with Crippen molar-refractivity contribution < 1.29 is 13.2 Å². The Morgan fingerprint density at radius 1 is 1.11 bits per heavy atom. The van der Waals surface area contributed by atoms with Gasteiger partial charge in [-0.25, -0.2) is 13.2 Å². The van der Waals surface area contributed by atoms with Gasteiger partial charge in [0.15, 0.2) is 17.5 Å². The molecule has 0 bridgehead atoms. The van der Waals surface area contributed by atoms with Gasteiger partial charge in [-0.3, -0.25) is 4.98 Å². The van der Waals surface area contributed by atoms with E-state index in [1.165, 1.54) is 12.3 Å². The van der Waals surface area contributed by atoms with E-state index in [-0.39, 0.29) is 10.7 Å². The van der Waals surface area contributed by atoms with E-state index in [9.17, 15) is 13.2 Å². The number of thiocarbonyl (C=S) groups is 1. The predicted molar refractivity (Wildman–Crippen MR) is 69.7 cm³/mol. The van der Waals surface area contributed by atoms with Crippen LogP contribution in [0.1, 0.15) is 5.69 Å². The lowest BCUT2D eigenvalue weighted by Gasteiger charge is -2.08. The second-order valence-corrected chi connectivity index (χ2v) is 4.11. The molecule has 0 aliphatic heterocycles. The Hall–Kier alpha value is -2.15. The second-order valence-electron chi connectivity index (χ2n) is 3.67. The van der Waals surface area contributed by atoms with Gasteiger partial charge in [0, 0.05) is 29.7 Å². The van der Waals surface area contributed by atoms with Crippen molar-refractivity contribution in [3.63, 3.8) is 0 Å². The minimum atomic E-state index is -1.51. The first-order valence-electron chi connectivity index (χ1n) is 5.15. The average molecular weight is 283 g/mol. The lowest BCUT2D eigenvalue weighted by Crippen LogP contribution is -2.11. The van der Waals surface area contributed by atoms with Crippen molar-refractivity contribution in [3.05, 3.63) is 53.6 Å². The van der Waals surface area contributed by atoms with Crippen LogP contribution in [0.15, 0.2) is 30.5 Å². The number of hydrogen-bond donors (Lipinski definition) is 2. The van der Waals surface area contributed by atoms with Crippen molar-refractivity contribution in [2.24, 2.45) is 5.73 Å². The number of hydrogen-bond acceptors (Lipinski definition) is 3. The van der Waals surface area contributed by atoms with Crippen LogP contribution >= 0.6 is 12.2 Å². The molecule has 0 aliphatic carbocycles. The van der Waals surface area contributed by atoms with Gasteiger partial charge in [-0.1, -0.05) is 12.2 Å². The molecule has 0 radical (unpaired) electrons. The Morgan fingerprint density at radius 2 is 1.74 bits per heavy atom. The molecule has 0 saturated carbocycles. The van der Waals surface area contributed by atoms with Crippen molar-refractivity contribution >= 4 is 28.6 Å². The van der Waals surface area contributed by atoms with Crippen molar-refractivity contribution in [3.8, 4) is 0 Å². The van der Waals surface area contributed by atoms with Gasteiger partial charge in [-0.05, 0) is 12.1 Å². The smallest absolute Gasteiger partial charge is 0.194 e. The van der Waals surface area contributed by atoms with Crippen molar-refractivity contribution in [1.82, 2.24) is 4.98 Å². The van der Waals surface area contributed by atoms with Gasteiger partial charge < -0.3 is 11.1 Å². The van der Waals surface area contributed by atoms with Gasteiger partial charge in [0.05, 0.1) is 5.69 Å². The maximum absolute atomic E-state index is 13.0. The van der Waals surface area contributed by atoms with E-state index in [1.807, 2.05) is 0 Å². The molecule has 19 heavy (non-hydrogen) atoms. The molecule has 1 aromatic carbocycles. The lowest BCUT2D eigenvalue weighted by atomic mass is 10.2. The number of halogens is 3. The fourth-order valence-electron chi connectivity index (χ4n) is 1.44. The molecular formula is C12H8F3N3S. The molecule has 0 spiro atoms. The fraction of sp³-hybridized carbons (Fsp3) is 0. The second kappa shape index (κ2) is 5.23. The quantitative estimate of drug-likeness (QED) is 0.672. The fourth-order valence-corrected chi connectivity index (χ4v) is 1.55. The lowest BCUT2D eigenvalue weighted by molar-refractivity contribution is 0.448. The normalized spacial score (nSPS) is 10.3. The Labute approximate surface area is 112 Å². The van der Waals surface area contributed by atoms with Gasteiger partial charge in [0.25, 0.3) is 0 Å². The summed E-state index contributed by atoms with van der Waals surface area (Å²) in [5.74, 6) is -4.05. The van der Waals surface area contributed by atoms with Crippen molar-refractivity contribution in [2.45, 2.75) is 0 Å². The minimum absolute atomic E-state index is 0.0662. The monoisotopic (exact) mass is 283 g/mol. The van der Waals surface area contributed by atoms with Crippen LogP contribution in [0.4, 0.5) is 24.5 Å². The molecule has 0 amide bonds. The third kappa shape index (κ3) is 3.00. The standard InChI is InChI=1S/C12H8F3N3S/c13-8-3-7(4-9(14)11(8)15)18-6-1-2-17-10(5-6)12(16)19/h1-5H,(H2,16,19)(H,17,18). The first kappa shape index (κ1) is 13.3. The number of nitrogens with one attached hydrogen (secondary N) is 1. The van der Waals surface area contributed by atoms with E-state index >= 15 is 0 Å². The van der Waals surface area contributed by atoms with Crippen molar-refractivity contribution in [2.75, 3.05) is 5.32 Å². The zero-order valence-electron chi connectivity index (χ0n) is 9.45. The van der Waals surface area contributed by atoms with Gasteiger partial charge >= 0.3 is 0 Å². The third-order valence-electron chi connectivity index (χ3n) is 2.28. The van der Waals surface area contributed by atoms with Crippen LogP contribution in [-0.2, 0) is 0 Å². The first-order valence-corrected chi connectivity index (χ1v) is 5.55. The number of rotatable bonds is 3. The highest BCUT2D eigenvalue weighted by Crippen LogP contribution is 2.21. The summed E-state index contributed by atoms with van der Waals surface area (Å²) in [6.45, 7) is 0. The predicted octanol–water partition coefficient (Wildman–Crippen LogP) is 2.88. The first-order chi connectivity index (χ1) is 8.97. The largest absolute Gasteiger partial charge is 0.388 e. The molecule has 1 aromatic heterocycles. The minimum Gasteiger partial charge on any atom is -0.388 e. The summed E-state index contributed by atoms with van der Waals surface area (Å²) in [7, 11) is 0. The van der Waals surface area contributed by atoms with E-state index in [4.69, 9.17) is 18.0 Å². The maximum atomic E-state index is 13.0. The molecule has 3 nitrogen and oxygen atoms in total. The van der Waals surface area contributed by atoms with Crippen LogP contribution in [0.3, 0.4) is 0 Å². The summed E-state index contributed by atoms with van der Waals surface area (Å²) in [4.78, 5) is 4.01. The summed E-state index contributed by atoms with van der Waals surface area (Å²) in [5.41, 5.74) is 6.32. The van der Waals surface area contributed by atoms with Crippen molar-refractivity contribution in [1.29, 1.82) is 0 Å². The van der Waals surface area contributed by atoms with Gasteiger partial charge in [0.1, 0.15) is 4.99 Å². The van der Waals surface area contributed by atoms with E-state index in [0.29, 0.717) is 11.4 Å². The number of nitrogens with zero attached hydrogens (tertiary/aromatic N) is 1. The Morgan fingerprint density at radius 3 is 2.32 bits per heavy atom. The maximum Gasteiger partial charge on any atom is 0.194 e. The van der Waals surface area contributed by atoms with E-state index in [1.54, 1.807) is 6.07 Å².